The second-order valence-corrected chi connectivity index (χ2v) is 11.5. The lowest BCUT2D eigenvalue weighted by Crippen LogP contribution is -2.45. The third-order valence-electron chi connectivity index (χ3n) is 6.69. The maximum atomic E-state index is 13.3. The van der Waals surface area contributed by atoms with Gasteiger partial charge in [-0.05, 0) is 71.8 Å². The fourth-order valence-corrected chi connectivity index (χ4v) is 5.95. The van der Waals surface area contributed by atoms with Crippen LogP contribution in [0.5, 0.6) is 0 Å². The topological polar surface area (TPSA) is 104 Å². The Morgan fingerprint density at radius 1 is 0.930 bits per heavy atom. The highest BCUT2D eigenvalue weighted by Gasteiger charge is 2.36. The number of sulfonamides is 1. The Hall–Kier alpha value is -4.62. The van der Waals surface area contributed by atoms with Crippen molar-refractivity contribution in [2.45, 2.75) is 30.2 Å². The maximum absolute atomic E-state index is 13.3. The third kappa shape index (κ3) is 7.07. The molecule has 1 aliphatic rings. The number of hydrogen-bond donors (Lipinski definition) is 2. The molecule has 2 aromatic carbocycles. The van der Waals surface area contributed by atoms with E-state index in [9.17, 15) is 30.8 Å². The predicted octanol–water partition coefficient (Wildman–Crippen LogP) is 5.16. The summed E-state index contributed by atoms with van der Waals surface area (Å²) in [5.41, 5.74) is 1.51. The van der Waals surface area contributed by atoms with Gasteiger partial charge in [0.1, 0.15) is 17.7 Å². The van der Waals surface area contributed by atoms with E-state index in [0.29, 0.717) is 29.2 Å². The molecule has 1 amide bonds. The molecule has 43 heavy (non-hydrogen) atoms. The second-order valence-electron chi connectivity index (χ2n) is 9.65. The Morgan fingerprint density at radius 3 is 2.30 bits per heavy atom. The summed E-state index contributed by atoms with van der Waals surface area (Å²) in [4.78, 5) is 21.6. The van der Waals surface area contributed by atoms with Crippen molar-refractivity contribution in [2.75, 3.05) is 11.9 Å². The standard InChI is InChI=1S/C30H25F4N5O3S/c31-24-7-9-25(10-8-24)43(41,42)39-15-1-2-27(39)29(40)37-19-21-16-26(22-3-5-23(6-4-22)30(32,33)34)38-28(17-21)36-18-20-11-13-35-14-12-20/h1-14,16-17,27H,15,18-19H2,(H,36,38)(H,37,40)/t27-/m0/s1. The van der Waals surface area contributed by atoms with Crippen LogP contribution in [0.1, 0.15) is 16.7 Å². The average Bonchev–Trinajstić information content (AvgIpc) is 3.51. The summed E-state index contributed by atoms with van der Waals surface area (Å²) in [6, 6.07) is 14.7. The van der Waals surface area contributed by atoms with Crippen LogP contribution in [0, 0.1) is 5.82 Å². The number of nitrogens with one attached hydrogen (secondary N) is 2. The van der Waals surface area contributed by atoms with Crippen LogP contribution in [-0.2, 0) is 34.1 Å². The van der Waals surface area contributed by atoms with E-state index >= 15 is 0 Å². The van der Waals surface area contributed by atoms with Gasteiger partial charge in [-0.15, -0.1) is 0 Å². The lowest BCUT2D eigenvalue weighted by molar-refractivity contribution is -0.137. The number of pyridine rings is 2. The summed E-state index contributed by atoms with van der Waals surface area (Å²) >= 11 is 0. The highest BCUT2D eigenvalue weighted by Crippen LogP contribution is 2.31. The van der Waals surface area contributed by atoms with Gasteiger partial charge >= 0.3 is 6.18 Å². The van der Waals surface area contributed by atoms with Crippen molar-refractivity contribution in [3.8, 4) is 11.3 Å². The first-order chi connectivity index (χ1) is 20.5. The molecular weight excluding hydrogens is 586 g/mol. The smallest absolute Gasteiger partial charge is 0.366 e. The molecule has 0 aliphatic carbocycles. The third-order valence-corrected chi connectivity index (χ3v) is 8.55. The zero-order valence-electron chi connectivity index (χ0n) is 22.4. The number of hydrogen-bond acceptors (Lipinski definition) is 6. The quantitative estimate of drug-likeness (QED) is 0.200. The molecule has 1 aliphatic heterocycles. The zero-order valence-corrected chi connectivity index (χ0v) is 23.2. The fraction of sp³-hybridized carbons (Fsp3) is 0.167. The van der Waals surface area contributed by atoms with Crippen LogP contribution in [0.3, 0.4) is 0 Å². The highest BCUT2D eigenvalue weighted by molar-refractivity contribution is 7.89. The molecule has 2 aromatic heterocycles. The molecule has 0 spiro atoms. The Bertz CT molecular complexity index is 1730. The molecule has 222 valence electrons. The Kier molecular flexibility index (Phi) is 8.55. The molecule has 0 bridgehead atoms. The van der Waals surface area contributed by atoms with Crippen LogP contribution < -0.4 is 10.6 Å². The second kappa shape index (κ2) is 12.3. The normalized spacial score (nSPS) is 15.4. The van der Waals surface area contributed by atoms with Crippen LogP contribution in [0.4, 0.5) is 23.4 Å². The van der Waals surface area contributed by atoms with Gasteiger partial charge in [-0.2, -0.15) is 17.5 Å². The van der Waals surface area contributed by atoms with Gasteiger partial charge in [0.2, 0.25) is 15.9 Å². The SMILES string of the molecule is O=C(NCc1cc(NCc2ccncc2)nc(-c2ccc(C(F)(F)F)cc2)c1)[C@@H]1C=CCN1S(=O)(=O)c1ccc(F)cc1. The van der Waals surface area contributed by atoms with Crippen molar-refractivity contribution in [2.24, 2.45) is 0 Å². The summed E-state index contributed by atoms with van der Waals surface area (Å²) in [6.07, 6.45) is 1.82. The van der Waals surface area contributed by atoms with Gasteiger partial charge in [0.25, 0.3) is 0 Å². The molecule has 0 radical (unpaired) electrons. The van der Waals surface area contributed by atoms with Crippen LogP contribution >= 0.6 is 0 Å². The number of carbonyl (C=O) groups excluding carboxylic acids is 1. The van der Waals surface area contributed by atoms with Gasteiger partial charge in [0, 0.05) is 37.6 Å². The zero-order chi connectivity index (χ0) is 30.6. The summed E-state index contributed by atoms with van der Waals surface area (Å²) in [7, 11) is -4.09. The molecule has 13 heteroatoms. The van der Waals surface area contributed by atoms with Crippen LogP contribution in [0.25, 0.3) is 11.3 Å². The number of benzene rings is 2. The number of anilines is 1. The lowest BCUT2D eigenvalue weighted by Gasteiger charge is -2.23. The van der Waals surface area contributed by atoms with E-state index in [-0.39, 0.29) is 18.0 Å². The van der Waals surface area contributed by atoms with Crippen LogP contribution in [0.2, 0.25) is 0 Å². The summed E-state index contributed by atoms with van der Waals surface area (Å²) < 4.78 is 79.9. The highest BCUT2D eigenvalue weighted by atomic mass is 32.2. The molecular formula is C30H25F4N5O3S. The van der Waals surface area contributed by atoms with Crippen LogP contribution in [-0.4, -0.2) is 41.2 Å². The largest absolute Gasteiger partial charge is 0.416 e. The molecule has 2 N–H and O–H groups in total. The van der Waals surface area contributed by atoms with Crippen molar-refractivity contribution in [1.82, 2.24) is 19.6 Å². The van der Waals surface area contributed by atoms with Crippen LogP contribution in [0.15, 0.2) is 102 Å². The molecule has 0 unspecified atom stereocenters. The minimum Gasteiger partial charge on any atom is -0.366 e. The van der Waals surface area contributed by atoms with Gasteiger partial charge in [0.05, 0.1) is 16.2 Å². The summed E-state index contributed by atoms with van der Waals surface area (Å²) in [6.45, 7) is 0.336. The number of nitrogens with zero attached hydrogens (tertiary/aromatic N) is 3. The van der Waals surface area contributed by atoms with Gasteiger partial charge < -0.3 is 10.6 Å². The van der Waals surface area contributed by atoms with E-state index in [1.54, 1.807) is 30.6 Å². The Labute approximate surface area is 245 Å². The van der Waals surface area contributed by atoms with Crippen molar-refractivity contribution in [3.05, 3.63) is 120 Å². The average molecular weight is 612 g/mol. The molecule has 4 aromatic rings. The number of carbonyl (C=O) groups is 1. The van der Waals surface area contributed by atoms with Crippen molar-refractivity contribution in [1.29, 1.82) is 0 Å². The molecule has 8 nitrogen and oxygen atoms in total. The first kappa shape index (κ1) is 29.9. The summed E-state index contributed by atoms with van der Waals surface area (Å²) in [5.74, 6) is -0.756. The van der Waals surface area contributed by atoms with E-state index in [2.05, 4.69) is 20.6 Å². The first-order valence-corrected chi connectivity index (χ1v) is 14.5. The minimum atomic E-state index is -4.48. The molecule has 1 atom stereocenters. The Balaban J connectivity index is 1.36. The van der Waals surface area contributed by atoms with E-state index in [1.165, 1.54) is 18.2 Å². The number of alkyl halides is 3. The van der Waals surface area contributed by atoms with Gasteiger partial charge in [0.15, 0.2) is 0 Å². The van der Waals surface area contributed by atoms with Gasteiger partial charge in [-0.25, -0.2) is 17.8 Å². The van der Waals surface area contributed by atoms with Gasteiger partial charge in [-0.3, -0.25) is 9.78 Å². The molecule has 3 heterocycles. The number of aromatic nitrogens is 2. The van der Waals surface area contributed by atoms with Gasteiger partial charge in [-0.1, -0.05) is 24.3 Å². The predicted molar refractivity (Wildman–Crippen MR) is 151 cm³/mol. The van der Waals surface area contributed by atoms with Crippen molar-refractivity contribution < 1.29 is 30.8 Å². The number of amides is 1. The minimum absolute atomic E-state index is 0.0201. The van der Waals surface area contributed by atoms with Crippen molar-refractivity contribution in [3.63, 3.8) is 0 Å². The number of rotatable bonds is 9. The molecule has 5 rings (SSSR count). The van der Waals surface area contributed by atoms with E-state index in [4.69, 9.17) is 0 Å². The molecule has 0 fully saturated rings. The van der Waals surface area contributed by atoms with E-state index in [1.807, 2.05) is 12.1 Å². The molecule has 0 saturated heterocycles. The van der Waals surface area contributed by atoms with E-state index in [0.717, 1.165) is 46.3 Å². The lowest BCUT2D eigenvalue weighted by atomic mass is 10.1. The maximum Gasteiger partial charge on any atom is 0.416 e. The van der Waals surface area contributed by atoms with Crippen molar-refractivity contribution >= 4 is 21.7 Å². The summed E-state index contributed by atoms with van der Waals surface area (Å²) in [5, 5.41) is 5.93. The molecule has 0 saturated carbocycles. The monoisotopic (exact) mass is 611 g/mol. The fourth-order valence-electron chi connectivity index (χ4n) is 4.46. The first-order valence-electron chi connectivity index (χ1n) is 13.0. The van der Waals surface area contributed by atoms with E-state index < -0.39 is 39.5 Å². The Morgan fingerprint density at radius 2 is 1.63 bits per heavy atom. The number of halogens is 4.